The lowest BCUT2D eigenvalue weighted by Crippen LogP contribution is -2.35. The van der Waals surface area contributed by atoms with E-state index in [4.69, 9.17) is 4.74 Å². The molecule has 0 bridgehead atoms. The normalized spacial score (nSPS) is 13.9. The number of hydrogen-bond donors (Lipinski definition) is 0. The predicted molar refractivity (Wildman–Crippen MR) is 54.5 cm³/mol. The molecule has 13 heavy (non-hydrogen) atoms. The molecule has 78 valence electrons. The summed E-state index contributed by atoms with van der Waals surface area (Å²) in [5.41, 5.74) is -0.309. The Balaban J connectivity index is 4.27. The monoisotopic (exact) mass is 186 g/mol. The van der Waals surface area contributed by atoms with Gasteiger partial charge in [-0.05, 0) is 32.6 Å². The fourth-order valence-electron chi connectivity index (χ4n) is 1.85. The summed E-state index contributed by atoms with van der Waals surface area (Å²) in [7, 11) is 0. The molecule has 0 saturated heterocycles. The largest absolute Gasteiger partial charge is 0.460 e. The zero-order valence-corrected chi connectivity index (χ0v) is 9.52. The highest BCUT2D eigenvalue weighted by Crippen LogP contribution is 2.28. The third kappa shape index (κ3) is 4.30. The van der Waals surface area contributed by atoms with Crippen LogP contribution in [0.25, 0.3) is 0 Å². The summed E-state index contributed by atoms with van der Waals surface area (Å²) < 4.78 is 5.30. The second-order valence-corrected chi connectivity index (χ2v) is 4.09. The quantitative estimate of drug-likeness (QED) is 0.616. The van der Waals surface area contributed by atoms with Crippen molar-refractivity contribution in [1.29, 1.82) is 0 Å². The van der Waals surface area contributed by atoms with Crippen LogP contribution in [0.15, 0.2) is 0 Å². The smallest absolute Gasteiger partial charge is 0.303 e. The number of carbonyl (C=O) groups is 1. The molecule has 0 spiro atoms. The summed E-state index contributed by atoms with van der Waals surface area (Å²) in [6.07, 6.45) is 3.33. The maximum absolute atomic E-state index is 10.9. The van der Waals surface area contributed by atoms with Crippen LogP contribution >= 0.6 is 0 Å². The lowest BCUT2D eigenvalue weighted by molar-refractivity contribution is -0.159. The summed E-state index contributed by atoms with van der Waals surface area (Å²) in [6, 6.07) is 0. The molecule has 0 aliphatic rings. The summed E-state index contributed by atoms with van der Waals surface area (Å²) >= 11 is 0. The average Bonchev–Trinajstić information content (AvgIpc) is 1.97. The van der Waals surface area contributed by atoms with Gasteiger partial charge in [-0.3, -0.25) is 4.79 Å². The van der Waals surface area contributed by atoms with Gasteiger partial charge < -0.3 is 4.74 Å². The zero-order chi connectivity index (χ0) is 10.5. The molecule has 0 fully saturated rings. The van der Waals surface area contributed by atoms with Crippen molar-refractivity contribution >= 4 is 5.97 Å². The molecule has 0 aromatic heterocycles. The minimum Gasteiger partial charge on any atom is -0.460 e. The molecule has 0 aromatic carbocycles. The van der Waals surface area contributed by atoms with Gasteiger partial charge in [0.15, 0.2) is 0 Å². The van der Waals surface area contributed by atoms with Crippen LogP contribution in [0.4, 0.5) is 0 Å². The Morgan fingerprint density at radius 1 is 1.38 bits per heavy atom. The molecule has 0 saturated carbocycles. The molecule has 2 nitrogen and oxygen atoms in total. The van der Waals surface area contributed by atoms with Crippen molar-refractivity contribution in [1.82, 2.24) is 0 Å². The summed E-state index contributed by atoms with van der Waals surface area (Å²) in [4.78, 5) is 10.9. The van der Waals surface area contributed by atoms with Crippen molar-refractivity contribution < 1.29 is 9.53 Å². The van der Waals surface area contributed by atoms with Gasteiger partial charge in [-0.25, -0.2) is 0 Å². The van der Waals surface area contributed by atoms with Crippen molar-refractivity contribution in [2.45, 2.75) is 59.5 Å². The van der Waals surface area contributed by atoms with E-state index < -0.39 is 0 Å². The van der Waals surface area contributed by atoms with Crippen LogP contribution in [0.2, 0.25) is 0 Å². The van der Waals surface area contributed by atoms with Crippen molar-refractivity contribution in [2.24, 2.45) is 5.92 Å². The molecule has 0 amide bonds. The number of ether oxygens (including phenoxy) is 1. The summed E-state index contributed by atoms with van der Waals surface area (Å²) in [6.45, 7) is 9.77. The van der Waals surface area contributed by atoms with Crippen molar-refractivity contribution in [3.8, 4) is 0 Å². The van der Waals surface area contributed by atoms with Gasteiger partial charge in [0, 0.05) is 6.92 Å². The van der Waals surface area contributed by atoms with Crippen LogP contribution in [0.3, 0.4) is 0 Å². The van der Waals surface area contributed by atoms with E-state index in [9.17, 15) is 4.79 Å². The molecule has 0 aliphatic heterocycles. The Kier molecular flexibility index (Phi) is 5.04. The van der Waals surface area contributed by atoms with Crippen LogP contribution in [-0.2, 0) is 9.53 Å². The second kappa shape index (κ2) is 5.25. The highest BCUT2D eigenvalue weighted by Gasteiger charge is 2.30. The molecule has 0 heterocycles. The van der Waals surface area contributed by atoms with Gasteiger partial charge in [-0.2, -0.15) is 0 Å². The van der Waals surface area contributed by atoms with Gasteiger partial charge in [-0.15, -0.1) is 0 Å². The van der Waals surface area contributed by atoms with Gasteiger partial charge in [0.05, 0.1) is 0 Å². The first-order chi connectivity index (χ1) is 5.94. The summed E-state index contributed by atoms with van der Waals surface area (Å²) in [5.74, 6) is 0.293. The lowest BCUT2D eigenvalue weighted by Gasteiger charge is -2.33. The van der Waals surface area contributed by atoms with Gasteiger partial charge >= 0.3 is 5.97 Å². The predicted octanol–water partition coefficient (Wildman–Crippen LogP) is 3.15. The van der Waals surface area contributed by atoms with Gasteiger partial charge in [0.1, 0.15) is 5.60 Å². The van der Waals surface area contributed by atoms with Crippen LogP contribution in [0.5, 0.6) is 0 Å². The number of rotatable bonds is 5. The Labute approximate surface area is 81.7 Å². The Bertz CT molecular complexity index is 161. The molecule has 0 rings (SSSR count). The number of carbonyl (C=O) groups excluding carboxylic acids is 1. The van der Waals surface area contributed by atoms with E-state index in [-0.39, 0.29) is 11.6 Å². The second-order valence-electron chi connectivity index (χ2n) is 4.09. The highest BCUT2D eigenvalue weighted by molar-refractivity contribution is 5.66. The van der Waals surface area contributed by atoms with Gasteiger partial charge in [0.25, 0.3) is 0 Å². The first-order valence-electron chi connectivity index (χ1n) is 5.13. The van der Waals surface area contributed by atoms with Gasteiger partial charge in [-0.1, -0.05) is 20.3 Å². The van der Waals surface area contributed by atoms with Crippen molar-refractivity contribution in [3.05, 3.63) is 0 Å². The maximum atomic E-state index is 10.9. The molecule has 0 aromatic rings. The fraction of sp³-hybridized carbons (Fsp3) is 0.909. The fourth-order valence-corrected chi connectivity index (χ4v) is 1.85. The minimum absolute atomic E-state index is 0.181. The van der Waals surface area contributed by atoms with Crippen LogP contribution in [-0.4, -0.2) is 11.6 Å². The molecule has 2 heteroatoms. The minimum atomic E-state index is -0.309. The number of hydrogen-bond acceptors (Lipinski definition) is 2. The molecule has 1 unspecified atom stereocenters. The third-order valence-electron chi connectivity index (χ3n) is 2.52. The third-order valence-corrected chi connectivity index (χ3v) is 2.52. The number of esters is 1. The average molecular weight is 186 g/mol. The Morgan fingerprint density at radius 3 is 2.23 bits per heavy atom. The molecular weight excluding hydrogens is 164 g/mol. The molecular formula is C11H22O2. The molecule has 0 N–H and O–H groups in total. The van der Waals surface area contributed by atoms with E-state index in [1.54, 1.807) is 0 Å². The van der Waals surface area contributed by atoms with Crippen molar-refractivity contribution in [2.75, 3.05) is 0 Å². The van der Waals surface area contributed by atoms with E-state index in [2.05, 4.69) is 13.8 Å². The van der Waals surface area contributed by atoms with E-state index >= 15 is 0 Å². The van der Waals surface area contributed by atoms with Crippen LogP contribution < -0.4 is 0 Å². The van der Waals surface area contributed by atoms with Crippen LogP contribution in [0, 0.1) is 5.92 Å². The Hall–Kier alpha value is -0.530. The Morgan fingerprint density at radius 2 is 1.92 bits per heavy atom. The van der Waals surface area contributed by atoms with Crippen molar-refractivity contribution in [3.63, 3.8) is 0 Å². The van der Waals surface area contributed by atoms with E-state index in [0.717, 1.165) is 19.3 Å². The summed E-state index contributed by atoms with van der Waals surface area (Å²) in [5, 5.41) is 0. The van der Waals surface area contributed by atoms with Gasteiger partial charge in [0.2, 0.25) is 0 Å². The standard InChI is InChI=1S/C11H22O2/c1-6-8-10(7-2)11(4,5)13-9(3)12/h10H,6-8H2,1-5H3. The van der Waals surface area contributed by atoms with Crippen LogP contribution in [0.1, 0.15) is 53.9 Å². The molecule has 0 aliphatic carbocycles. The lowest BCUT2D eigenvalue weighted by atomic mass is 9.85. The first kappa shape index (κ1) is 12.5. The highest BCUT2D eigenvalue weighted by atomic mass is 16.6. The first-order valence-corrected chi connectivity index (χ1v) is 5.13. The molecule has 0 radical (unpaired) electrons. The SMILES string of the molecule is CCCC(CC)C(C)(C)OC(C)=O. The van der Waals surface area contributed by atoms with E-state index in [1.165, 1.54) is 6.92 Å². The maximum Gasteiger partial charge on any atom is 0.303 e. The van der Waals surface area contributed by atoms with E-state index in [1.807, 2.05) is 13.8 Å². The zero-order valence-electron chi connectivity index (χ0n) is 9.52. The van der Waals surface area contributed by atoms with E-state index in [0.29, 0.717) is 5.92 Å². The molecule has 1 atom stereocenters. The topological polar surface area (TPSA) is 26.3 Å².